The molecule has 2 heteroatoms. The second-order valence-corrected chi connectivity index (χ2v) is 4.42. The molecule has 0 spiro atoms. The number of nitrogens with one attached hydrogen (secondary N) is 1. The normalized spacial score (nSPS) is 23.0. The Morgan fingerprint density at radius 1 is 1.31 bits per heavy atom. The Morgan fingerprint density at radius 2 is 2.15 bits per heavy atom. The number of benzene rings is 1. The lowest BCUT2D eigenvalue weighted by Gasteiger charge is -2.23. The van der Waals surface area contributed by atoms with Crippen molar-refractivity contribution in [2.75, 3.05) is 13.1 Å². The maximum atomic E-state index is 3.60. The van der Waals surface area contributed by atoms with Crippen molar-refractivity contribution in [2.45, 2.75) is 18.8 Å². The highest BCUT2D eigenvalue weighted by molar-refractivity contribution is 9.10. The van der Waals surface area contributed by atoms with E-state index >= 15 is 0 Å². The van der Waals surface area contributed by atoms with Gasteiger partial charge in [-0.1, -0.05) is 34.1 Å². The lowest BCUT2D eigenvalue weighted by atomic mass is 9.92. The number of rotatable bonds is 1. The first-order valence-electron chi connectivity index (χ1n) is 4.83. The van der Waals surface area contributed by atoms with Gasteiger partial charge < -0.3 is 5.32 Å². The third-order valence-corrected chi connectivity index (χ3v) is 3.36. The molecular formula is C11H14BrN. The second kappa shape index (κ2) is 4.25. The van der Waals surface area contributed by atoms with Gasteiger partial charge in [0.1, 0.15) is 0 Å². The van der Waals surface area contributed by atoms with E-state index < -0.39 is 0 Å². The lowest BCUT2D eigenvalue weighted by Crippen LogP contribution is -2.28. The van der Waals surface area contributed by atoms with Crippen molar-refractivity contribution in [1.82, 2.24) is 5.32 Å². The minimum atomic E-state index is 0.698. The Balaban J connectivity index is 2.18. The number of halogens is 1. The zero-order chi connectivity index (χ0) is 9.10. The van der Waals surface area contributed by atoms with E-state index in [1.165, 1.54) is 29.4 Å². The van der Waals surface area contributed by atoms with E-state index in [0.717, 1.165) is 6.54 Å². The molecule has 70 valence electrons. The Morgan fingerprint density at radius 3 is 2.85 bits per heavy atom. The molecule has 2 rings (SSSR count). The van der Waals surface area contributed by atoms with Crippen LogP contribution < -0.4 is 5.32 Å². The monoisotopic (exact) mass is 239 g/mol. The first-order valence-corrected chi connectivity index (χ1v) is 5.62. The molecule has 1 saturated heterocycles. The minimum Gasteiger partial charge on any atom is -0.316 e. The molecule has 0 amide bonds. The van der Waals surface area contributed by atoms with Gasteiger partial charge in [0, 0.05) is 11.0 Å². The van der Waals surface area contributed by atoms with E-state index in [-0.39, 0.29) is 0 Å². The SMILES string of the molecule is Brc1ccccc1C1CCCNC1. The third kappa shape index (κ3) is 2.12. The van der Waals surface area contributed by atoms with Gasteiger partial charge >= 0.3 is 0 Å². The Labute approximate surface area is 87.7 Å². The molecule has 0 radical (unpaired) electrons. The molecule has 1 aromatic rings. The summed E-state index contributed by atoms with van der Waals surface area (Å²) in [4.78, 5) is 0. The molecule has 0 aliphatic carbocycles. The molecule has 1 aromatic carbocycles. The zero-order valence-corrected chi connectivity index (χ0v) is 9.18. The standard InChI is InChI=1S/C11H14BrN/c12-11-6-2-1-5-10(11)9-4-3-7-13-8-9/h1-2,5-6,9,13H,3-4,7-8H2. The van der Waals surface area contributed by atoms with Crippen LogP contribution in [0.25, 0.3) is 0 Å². The van der Waals surface area contributed by atoms with Gasteiger partial charge in [-0.25, -0.2) is 0 Å². The summed E-state index contributed by atoms with van der Waals surface area (Å²) in [6, 6.07) is 8.55. The maximum Gasteiger partial charge on any atom is 0.0210 e. The van der Waals surface area contributed by atoms with E-state index in [1.807, 2.05) is 0 Å². The Bertz CT molecular complexity index is 279. The summed E-state index contributed by atoms with van der Waals surface area (Å²) in [6.07, 6.45) is 2.61. The fourth-order valence-corrected chi connectivity index (χ4v) is 2.53. The van der Waals surface area contributed by atoms with Gasteiger partial charge in [0.2, 0.25) is 0 Å². The molecule has 1 aliphatic heterocycles. The highest BCUT2D eigenvalue weighted by Crippen LogP contribution is 2.29. The molecule has 1 nitrogen and oxygen atoms in total. The van der Waals surface area contributed by atoms with Crippen LogP contribution in [0.2, 0.25) is 0 Å². The summed E-state index contributed by atoms with van der Waals surface area (Å²) in [7, 11) is 0. The van der Waals surface area contributed by atoms with E-state index in [9.17, 15) is 0 Å². The molecular weight excluding hydrogens is 226 g/mol. The highest BCUT2D eigenvalue weighted by Gasteiger charge is 2.16. The molecule has 0 bridgehead atoms. The van der Waals surface area contributed by atoms with Gasteiger partial charge in [0.25, 0.3) is 0 Å². The van der Waals surface area contributed by atoms with Crippen LogP contribution in [0.4, 0.5) is 0 Å². The average molecular weight is 240 g/mol. The Kier molecular flexibility index (Phi) is 3.01. The second-order valence-electron chi connectivity index (χ2n) is 3.56. The van der Waals surface area contributed by atoms with Crippen molar-refractivity contribution >= 4 is 15.9 Å². The van der Waals surface area contributed by atoms with Crippen LogP contribution in [-0.2, 0) is 0 Å². The fraction of sp³-hybridized carbons (Fsp3) is 0.455. The number of hydrogen-bond acceptors (Lipinski definition) is 1. The molecule has 1 unspecified atom stereocenters. The highest BCUT2D eigenvalue weighted by atomic mass is 79.9. The molecule has 1 aliphatic rings. The topological polar surface area (TPSA) is 12.0 Å². The smallest absolute Gasteiger partial charge is 0.0210 e. The third-order valence-electron chi connectivity index (χ3n) is 2.64. The Hall–Kier alpha value is -0.340. The molecule has 1 fully saturated rings. The van der Waals surface area contributed by atoms with Crippen LogP contribution in [-0.4, -0.2) is 13.1 Å². The van der Waals surface area contributed by atoms with Gasteiger partial charge in [-0.2, -0.15) is 0 Å². The maximum absolute atomic E-state index is 3.60. The van der Waals surface area contributed by atoms with E-state index in [0.29, 0.717) is 5.92 Å². The molecule has 0 aromatic heterocycles. The first kappa shape index (κ1) is 9.22. The summed E-state index contributed by atoms with van der Waals surface area (Å²) < 4.78 is 1.25. The van der Waals surface area contributed by atoms with Crippen LogP contribution in [0, 0.1) is 0 Å². The summed E-state index contributed by atoms with van der Waals surface area (Å²) in [5.74, 6) is 0.698. The lowest BCUT2D eigenvalue weighted by molar-refractivity contribution is 0.460. The van der Waals surface area contributed by atoms with Crippen molar-refractivity contribution in [3.05, 3.63) is 34.3 Å². The summed E-state index contributed by atoms with van der Waals surface area (Å²) >= 11 is 3.60. The molecule has 0 saturated carbocycles. The summed E-state index contributed by atoms with van der Waals surface area (Å²) in [5, 5.41) is 3.44. The van der Waals surface area contributed by atoms with Crippen LogP contribution in [0.5, 0.6) is 0 Å². The van der Waals surface area contributed by atoms with Gasteiger partial charge in [0.15, 0.2) is 0 Å². The minimum absolute atomic E-state index is 0.698. The predicted octanol–water partition coefficient (Wildman–Crippen LogP) is 2.92. The number of hydrogen-bond donors (Lipinski definition) is 1. The van der Waals surface area contributed by atoms with Crippen molar-refractivity contribution in [1.29, 1.82) is 0 Å². The van der Waals surface area contributed by atoms with Gasteiger partial charge in [-0.15, -0.1) is 0 Å². The van der Waals surface area contributed by atoms with E-state index in [4.69, 9.17) is 0 Å². The quantitative estimate of drug-likeness (QED) is 0.795. The average Bonchev–Trinajstić information content (AvgIpc) is 2.20. The molecule has 13 heavy (non-hydrogen) atoms. The van der Waals surface area contributed by atoms with Crippen molar-refractivity contribution in [2.24, 2.45) is 0 Å². The van der Waals surface area contributed by atoms with Crippen LogP contribution in [0.1, 0.15) is 24.3 Å². The summed E-state index contributed by atoms with van der Waals surface area (Å²) in [5.41, 5.74) is 1.45. The van der Waals surface area contributed by atoms with E-state index in [1.54, 1.807) is 0 Å². The van der Waals surface area contributed by atoms with Crippen molar-refractivity contribution in [3.8, 4) is 0 Å². The van der Waals surface area contributed by atoms with Crippen LogP contribution >= 0.6 is 15.9 Å². The van der Waals surface area contributed by atoms with E-state index in [2.05, 4.69) is 45.5 Å². The summed E-state index contributed by atoms with van der Waals surface area (Å²) in [6.45, 7) is 2.31. The van der Waals surface area contributed by atoms with Gasteiger partial charge in [-0.3, -0.25) is 0 Å². The zero-order valence-electron chi connectivity index (χ0n) is 7.59. The van der Waals surface area contributed by atoms with Crippen LogP contribution in [0.3, 0.4) is 0 Å². The predicted molar refractivity (Wildman–Crippen MR) is 59.0 cm³/mol. The molecule has 1 atom stereocenters. The van der Waals surface area contributed by atoms with Gasteiger partial charge in [0.05, 0.1) is 0 Å². The van der Waals surface area contributed by atoms with Crippen molar-refractivity contribution in [3.63, 3.8) is 0 Å². The fourth-order valence-electron chi connectivity index (χ4n) is 1.92. The molecule has 1 heterocycles. The molecule has 1 N–H and O–H groups in total. The number of piperidine rings is 1. The van der Waals surface area contributed by atoms with Crippen molar-refractivity contribution < 1.29 is 0 Å². The van der Waals surface area contributed by atoms with Gasteiger partial charge in [-0.05, 0) is 36.9 Å². The first-order chi connectivity index (χ1) is 6.38. The van der Waals surface area contributed by atoms with Crippen LogP contribution in [0.15, 0.2) is 28.7 Å². The largest absolute Gasteiger partial charge is 0.316 e.